The summed E-state index contributed by atoms with van der Waals surface area (Å²) in [5.74, 6) is -0.693. The van der Waals surface area contributed by atoms with E-state index in [4.69, 9.17) is 21.5 Å². The molecule has 1 aromatic heterocycles. The minimum atomic E-state index is -0.794. The van der Waals surface area contributed by atoms with Crippen LogP contribution in [0.1, 0.15) is 40.2 Å². The molecule has 1 aliphatic heterocycles. The number of hydrogen-bond acceptors (Lipinski definition) is 6. The Morgan fingerprint density at radius 3 is 2.57 bits per heavy atom. The highest BCUT2D eigenvalue weighted by atomic mass is 32.1. The molecule has 0 aliphatic carbocycles. The summed E-state index contributed by atoms with van der Waals surface area (Å²) >= 11 is 5.63. The molecular weight excluding hydrogens is 471 g/mol. The highest BCUT2D eigenvalue weighted by Crippen LogP contribution is 2.36. The Balaban J connectivity index is 1.87. The Hall–Kier alpha value is -4.05. The lowest BCUT2D eigenvalue weighted by molar-refractivity contribution is -0.113. The number of carbonyl (C=O) groups is 2. The monoisotopic (exact) mass is 494 g/mol. The summed E-state index contributed by atoms with van der Waals surface area (Å²) in [6.45, 7) is 5.08. The van der Waals surface area contributed by atoms with Crippen molar-refractivity contribution in [3.63, 3.8) is 0 Å². The van der Waals surface area contributed by atoms with Gasteiger partial charge in [-0.15, -0.1) is 0 Å². The summed E-state index contributed by atoms with van der Waals surface area (Å²) in [5.41, 5.74) is 2.43. The maximum absolute atomic E-state index is 14.4. The van der Waals surface area contributed by atoms with Crippen LogP contribution in [0.4, 0.5) is 15.9 Å². The zero-order valence-corrected chi connectivity index (χ0v) is 20.3. The number of ether oxygens (including phenoxy) is 1. The van der Waals surface area contributed by atoms with Crippen LogP contribution in [-0.2, 0) is 9.53 Å². The second-order valence-electron chi connectivity index (χ2n) is 8.01. The molecule has 2 heterocycles. The van der Waals surface area contributed by atoms with E-state index in [0.29, 0.717) is 28.3 Å². The first-order valence-corrected chi connectivity index (χ1v) is 11.1. The Morgan fingerprint density at radius 2 is 1.91 bits per heavy atom. The van der Waals surface area contributed by atoms with Crippen molar-refractivity contribution in [2.75, 3.05) is 17.3 Å². The molecule has 0 spiro atoms. The summed E-state index contributed by atoms with van der Waals surface area (Å²) in [6, 6.07) is 12.3. The van der Waals surface area contributed by atoms with Crippen molar-refractivity contribution < 1.29 is 23.2 Å². The number of carbonyl (C=O) groups excluding carboxylic acids is 2. The van der Waals surface area contributed by atoms with Gasteiger partial charge in [-0.1, -0.05) is 29.4 Å². The molecule has 1 aliphatic rings. The second kappa shape index (κ2) is 9.67. The lowest BCUT2D eigenvalue weighted by atomic mass is 9.90. The fourth-order valence-electron chi connectivity index (χ4n) is 3.96. The Kier molecular flexibility index (Phi) is 6.65. The third kappa shape index (κ3) is 4.65. The fraction of sp³-hybridized carbons (Fsp3) is 0.200. The van der Waals surface area contributed by atoms with Gasteiger partial charge in [0.05, 0.1) is 30.0 Å². The van der Waals surface area contributed by atoms with Crippen LogP contribution in [0, 0.1) is 19.7 Å². The van der Waals surface area contributed by atoms with Crippen molar-refractivity contribution in [3.05, 3.63) is 88.1 Å². The zero-order valence-electron chi connectivity index (χ0n) is 19.5. The van der Waals surface area contributed by atoms with Crippen molar-refractivity contribution in [3.8, 4) is 0 Å². The molecule has 0 bridgehead atoms. The SMILES string of the molecule is COC(=O)c1ccccc1C1NC(=S)N(c2ccc(C)c(F)c2)C(C)=C1C(=O)Nc1cc(C)on1. The fourth-order valence-corrected chi connectivity index (χ4v) is 4.32. The molecule has 2 aromatic carbocycles. The van der Waals surface area contributed by atoms with Gasteiger partial charge in [-0.05, 0) is 62.3 Å². The first-order valence-electron chi connectivity index (χ1n) is 10.7. The van der Waals surface area contributed by atoms with Crippen molar-refractivity contribution >= 4 is 40.7 Å². The number of thiocarbonyl (C=S) groups is 1. The van der Waals surface area contributed by atoms with E-state index in [9.17, 15) is 14.0 Å². The van der Waals surface area contributed by atoms with Crippen LogP contribution in [0.15, 0.2) is 64.3 Å². The van der Waals surface area contributed by atoms with Gasteiger partial charge < -0.3 is 19.9 Å². The number of amides is 1. The van der Waals surface area contributed by atoms with E-state index in [2.05, 4.69) is 15.8 Å². The number of nitrogens with zero attached hydrogens (tertiary/aromatic N) is 2. The van der Waals surface area contributed by atoms with Gasteiger partial charge in [0.25, 0.3) is 5.91 Å². The molecule has 4 rings (SSSR count). The number of anilines is 2. The number of rotatable bonds is 5. The lowest BCUT2D eigenvalue weighted by Gasteiger charge is -2.38. The van der Waals surface area contributed by atoms with E-state index in [1.807, 2.05) is 0 Å². The minimum Gasteiger partial charge on any atom is -0.465 e. The Bertz CT molecular complexity index is 1370. The topological polar surface area (TPSA) is 96.7 Å². The van der Waals surface area contributed by atoms with Crippen LogP contribution in [-0.4, -0.2) is 29.3 Å². The predicted octanol–water partition coefficient (Wildman–Crippen LogP) is 4.57. The minimum absolute atomic E-state index is 0.230. The Labute approximate surface area is 206 Å². The number of benzene rings is 2. The molecule has 1 unspecified atom stereocenters. The van der Waals surface area contributed by atoms with Gasteiger partial charge in [0, 0.05) is 11.8 Å². The summed E-state index contributed by atoms with van der Waals surface area (Å²) in [5, 5.41) is 9.96. The number of esters is 1. The maximum Gasteiger partial charge on any atom is 0.338 e. The normalized spacial score (nSPS) is 15.6. The number of methoxy groups -OCH3 is 1. The smallest absolute Gasteiger partial charge is 0.338 e. The first kappa shape index (κ1) is 24.1. The van der Waals surface area contributed by atoms with Crippen LogP contribution < -0.4 is 15.5 Å². The highest BCUT2D eigenvalue weighted by molar-refractivity contribution is 7.80. The summed E-state index contributed by atoms with van der Waals surface area (Å²) in [4.78, 5) is 27.6. The third-order valence-corrected chi connectivity index (χ3v) is 5.99. The summed E-state index contributed by atoms with van der Waals surface area (Å²) in [7, 11) is 1.29. The van der Waals surface area contributed by atoms with E-state index in [-0.39, 0.29) is 22.1 Å². The van der Waals surface area contributed by atoms with E-state index in [1.54, 1.807) is 68.1 Å². The average Bonchev–Trinajstić information content (AvgIpc) is 3.24. The van der Waals surface area contributed by atoms with Gasteiger partial charge in [-0.2, -0.15) is 0 Å². The molecule has 8 nitrogen and oxygen atoms in total. The van der Waals surface area contributed by atoms with E-state index < -0.39 is 23.7 Å². The number of hydrogen-bond donors (Lipinski definition) is 2. The second-order valence-corrected chi connectivity index (χ2v) is 8.39. The summed E-state index contributed by atoms with van der Waals surface area (Å²) in [6.07, 6.45) is 0. The molecule has 1 amide bonds. The quantitative estimate of drug-likeness (QED) is 0.394. The van der Waals surface area contributed by atoms with Crippen LogP contribution >= 0.6 is 12.2 Å². The molecular formula is C25H23FN4O4S. The van der Waals surface area contributed by atoms with Crippen molar-refractivity contribution in [1.29, 1.82) is 0 Å². The molecule has 3 aromatic rings. The molecule has 2 N–H and O–H groups in total. The van der Waals surface area contributed by atoms with Gasteiger partial charge >= 0.3 is 5.97 Å². The van der Waals surface area contributed by atoms with Crippen molar-refractivity contribution in [1.82, 2.24) is 10.5 Å². The largest absolute Gasteiger partial charge is 0.465 e. The van der Waals surface area contributed by atoms with Gasteiger partial charge in [-0.25, -0.2) is 9.18 Å². The molecule has 1 atom stereocenters. The summed E-state index contributed by atoms with van der Waals surface area (Å²) < 4.78 is 24.4. The van der Waals surface area contributed by atoms with E-state index >= 15 is 0 Å². The maximum atomic E-state index is 14.4. The van der Waals surface area contributed by atoms with Crippen LogP contribution in [0.5, 0.6) is 0 Å². The average molecular weight is 495 g/mol. The van der Waals surface area contributed by atoms with Gasteiger partial charge in [0.15, 0.2) is 10.9 Å². The predicted molar refractivity (Wildman–Crippen MR) is 132 cm³/mol. The lowest BCUT2D eigenvalue weighted by Crippen LogP contribution is -2.49. The molecule has 0 radical (unpaired) electrons. The first-order chi connectivity index (χ1) is 16.7. The van der Waals surface area contributed by atoms with Gasteiger partial charge in [0.1, 0.15) is 11.6 Å². The molecule has 10 heteroatoms. The van der Waals surface area contributed by atoms with Crippen LogP contribution in [0.3, 0.4) is 0 Å². The van der Waals surface area contributed by atoms with Gasteiger partial charge in [-0.3, -0.25) is 9.69 Å². The number of allylic oxidation sites excluding steroid dienone is 1. The van der Waals surface area contributed by atoms with Crippen LogP contribution in [0.25, 0.3) is 0 Å². The molecule has 180 valence electrons. The molecule has 0 saturated heterocycles. The number of halogens is 1. The van der Waals surface area contributed by atoms with E-state index in [1.165, 1.54) is 13.2 Å². The standard InChI is InChI=1S/C25H23FN4O4S/c1-13-9-10-16(12-19(13)26)30-15(3)21(23(31)27-20-11-14(2)34-29-20)22(28-25(30)35)17-7-5-6-8-18(17)24(32)33-4/h5-12,22H,1-4H3,(H,28,35)(H,27,29,31). The zero-order chi connectivity index (χ0) is 25.3. The number of nitrogens with one attached hydrogen (secondary N) is 2. The molecule has 0 fully saturated rings. The highest BCUT2D eigenvalue weighted by Gasteiger charge is 2.36. The molecule has 35 heavy (non-hydrogen) atoms. The van der Waals surface area contributed by atoms with Crippen LogP contribution in [0.2, 0.25) is 0 Å². The molecule has 0 saturated carbocycles. The van der Waals surface area contributed by atoms with Gasteiger partial charge in [0.2, 0.25) is 0 Å². The van der Waals surface area contributed by atoms with Crippen molar-refractivity contribution in [2.24, 2.45) is 0 Å². The number of aryl methyl sites for hydroxylation is 2. The number of aromatic nitrogens is 1. The third-order valence-electron chi connectivity index (χ3n) is 5.69. The van der Waals surface area contributed by atoms with Crippen molar-refractivity contribution in [2.45, 2.75) is 26.8 Å². The Morgan fingerprint density at radius 1 is 1.17 bits per heavy atom. The van der Waals surface area contributed by atoms with E-state index in [0.717, 1.165) is 0 Å².